The maximum absolute atomic E-state index is 12.1. The number of amides is 1. The summed E-state index contributed by atoms with van der Waals surface area (Å²) in [5.41, 5.74) is 13.8. The number of carbonyl (C=O) groups excluding carboxylic acids is 3. The quantitative estimate of drug-likeness (QED) is 0.0298. The van der Waals surface area contributed by atoms with Crippen LogP contribution in [0.2, 0.25) is 0 Å². The van der Waals surface area contributed by atoms with Crippen molar-refractivity contribution in [2.45, 2.75) is 588 Å². The maximum atomic E-state index is 12.1. The Bertz CT molecular complexity index is 3490. The zero-order valence-electron chi connectivity index (χ0n) is 99.6. The van der Waals surface area contributed by atoms with E-state index < -0.39 is 25.6 Å². The van der Waals surface area contributed by atoms with Crippen LogP contribution in [0.1, 0.15) is 536 Å². The molecule has 0 aromatic rings. The average molecular weight is 2040 g/mol. The summed E-state index contributed by atoms with van der Waals surface area (Å²) in [6.45, 7) is 81.1. The normalized spacial score (nSPS) is 28.6. The van der Waals surface area contributed by atoms with Gasteiger partial charge in [0.1, 0.15) is 12.1 Å². The van der Waals surface area contributed by atoms with E-state index in [-0.39, 0.29) is 28.3 Å². The van der Waals surface area contributed by atoms with Gasteiger partial charge < -0.3 is 41.6 Å². The lowest BCUT2D eigenvalue weighted by Crippen LogP contribution is -2.46. The second-order valence-electron chi connectivity index (χ2n) is 57.9. The van der Waals surface area contributed by atoms with Crippen LogP contribution >= 0.6 is 0 Å². The smallest absolute Gasteiger partial charge is 0.234 e. The molecule has 1 heterocycles. The molecule has 10 N–H and O–H groups in total. The number of ether oxygens (including phenoxy) is 1. The summed E-state index contributed by atoms with van der Waals surface area (Å²) < 4.78 is 52.3. The third kappa shape index (κ3) is 71.7. The van der Waals surface area contributed by atoms with Gasteiger partial charge in [-0.2, -0.15) is 0 Å². The van der Waals surface area contributed by atoms with Crippen molar-refractivity contribution in [1.29, 1.82) is 0 Å². The lowest BCUT2D eigenvalue weighted by molar-refractivity contribution is -0.124. The fraction of sp³-hybridized carbons (Fsp3) is 0.967. The van der Waals surface area contributed by atoms with E-state index in [0.717, 1.165) is 224 Å². The zero-order chi connectivity index (χ0) is 108. The van der Waals surface area contributed by atoms with Gasteiger partial charge in [0.25, 0.3) is 0 Å². The highest BCUT2D eigenvalue weighted by Crippen LogP contribution is 2.45. The molecule has 17 nitrogen and oxygen atoms in total. The lowest BCUT2D eigenvalue weighted by atomic mass is 9.72. The van der Waals surface area contributed by atoms with Crippen molar-refractivity contribution in [2.24, 2.45) is 151 Å². The molecule has 0 aromatic carbocycles. The van der Waals surface area contributed by atoms with Gasteiger partial charge >= 0.3 is 0 Å². The highest BCUT2D eigenvalue weighted by Gasteiger charge is 2.38. The molecule has 0 aromatic heterocycles. The van der Waals surface area contributed by atoms with Crippen LogP contribution in [0.25, 0.3) is 4.85 Å². The molecule has 1 saturated heterocycles. The molecule has 10 aliphatic carbocycles. The highest BCUT2D eigenvalue weighted by atomic mass is 32.2. The first-order valence-corrected chi connectivity index (χ1v) is 63.0. The minimum Gasteiger partial charge on any atom is -0.390 e. The SMILES string of the molecule is CC(C)(C)CC1CCC(C(C)(C)O)C1.CC(C)(C)CC1CCC(CC=O)CC1.CC(C)(C)CC1CCC(NC(=O)CN2CCOCC2)CC1.CC(C)(C)CC1CCCC(N)C1.CC(C)CC1CCC(=O)CC1.CC(C)CC1CCC(C(C)(C)N)CC1.CC(C)CC1CCC(NC(C)(C)C)CC1.CC(C)CC1CCC(NS(C)(=O)=O)CC1.CC(C)CC1CCC(S(N)(=O)=O)CC1.[C-]#[N+]C1CCC(CC(C)C)CC1. The van der Waals surface area contributed by atoms with Crippen molar-refractivity contribution in [2.75, 3.05) is 39.1 Å². The number of morpholine rings is 1. The fourth-order valence-electron chi connectivity index (χ4n) is 26.0. The number of Topliss-reactive ketones (excluding diaryl/α,β-unsaturated/α-hetero) is 1. The van der Waals surface area contributed by atoms with Crippen LogP contribution in [-0.2, 0) is 39.2 Å². The Kier molecular flexibility index (Phi) is 65.2. The predicted molar refractivity (Wildman–Crippen MR) is 612 cm³/mol. The van der Waals surface area contributed by atoms with Gasteiger partial charge in [0, 0.05) is 80.4 Å². The standard InChI is InChI=1S/C17H32N2O2.C14H29N.C13H27N.C13H26O.C13H24O.C11H23NO2S.C11H19N.C11H23N.C10H21NO2S.C10H18O/c1-17(2,3)12-14-4-6-15(7-5-14)18-16(20)13-19-8-10-21-11-9-19;1-11(2)10-12-6-8-13(9-7-12)15-14(3,4)5;1-10(2)9-11-5-7-12(8-6-11)13(3,4)14;1-12(2,3)9-10-6-7-11(8-10)13(4,5)14;1-13(2,3)10-12-6-4-11(5-7-12)8-9-14;1-9(2)8-10-4-6-11(7-5-10)12-15(3,13)14;1-9(2)8-10-4-6-11(12-3)7-5-10;1-11(2,3)8-9-5-4-6-10(12)7-9;1-8(2)7-9-3-5-10(6-4-9)14(11,12)13;1-8(2)7-9-3-5-10(11)6-4-9/h14-15H,4-13H2,1-3H3,(H,18,20);11-13,15H,6-10H2,1-5H3;10-12H,5-9,14H2,1-4H3;10-11,14H,6-9H2,1-5H3;9,11-12H,4-8,10H2,1-3H3;9-12H,4-8H2,1-3H3;9-11H,4-8H2,1-2H3;9-10H,4-8,12H2,1-3H3;8-10H,3-7H2,1-2H3,(H2,11,12,13);8-9H,3-7H2,1-2H3. The van der Waals surface area contributed by atoms with Crippen molar-refractivity contribution >= 4 is 38.0 Å². The minimum atomic E-state index is -3.28. The number of aliphatic hydroxyl groups is 1. The molecule has 10 saturated carbocycles. The Hall–Kier alpha value is -2.12. The first kappa shape index (κ1) is 136. The van der Waals surface area contributed by atoms with Crippen LogP contribution < -0.4 is 32.0 Å². The van der Waals surface area contributed by atoms with E-state index in [1.165, 1.54) is 231 Å². The van der Waals surface area contributed by atoms with Gasteiger partial charge in [-0.3, -0.25) is 14.5 Å². The molecule has 11 fully saturated rings. The number of nitrogens with two attached hydrogens (primary N) is 3. The topological polar surface area (TPSA) is 271 Å². The van der Waals surface area contributed by atoms with Crippen LogP contribution in [-0.4, -0.2) is 136 Å². The maximum Gasteiger partial charge on any atom is 0.234 e. The van der Waals surface area contributed by atoms with Gasteiger partial charge in [-0.1, -0.05) is 211 Å². The number of ketones is 1. The van der Waals surface area contributed by atoms with Crippen molar-refractivity contribution < 1.29 is 41.1 Å². The Labute approximate surface area is 882 Å². The summed E-state index contributed by atoms with van der Waals surface area (Å²) in [7, 11) is -6.29. The van der Waals surface area contributed by atoms with Crippen LogP contribution in [0.15, 0.2) is 0 Å². The second-order valence-corrected chi connectivity index (χ2v) is 61.5. The number of hydrogen-bond donors (Lipinski definition) is 7. The molecule has 11 aliphatic rings. The summed E-state index contributed by atoms with van der Waals surface area (Å²) in [6.07, 6.45) is 63.5. The fourth-order valence-corrected chi connectivity index (χ4v) is 27.8. The number of hydrogen-bond acceptors (Lipinski definition) is 13. The van der Waals surface area contributed by atoms with E-state index in [1.807, 2.05) is 13.8 Å². The molecule has 0 radical (unpaired) electrons. The van der Waals surface area contributed by atoms with Gasteiger partial charge in [-0.25, -0.2) is 33.3 Å². The zero-order valence-corrected chi connectivity index (χ0v) is 101. The monoisotopic (exact) mass is 2040 g/mol. The van der Waals surface area contributed by atoms with Crippen molar-refractivity contribution in [3.8, 4) is 0 Å². The van der Waals surface area contributed by atoms with Crippen LogP contribution in [0.3, 0.4) is 0 Å². The molecule has 19 heteroatoms. The molecular weight excluding hydrogens is 1800 g/mol. The Balaban J connectivity index is 0.000000536. The average Bonchev–Trinajstić information content (AvgIpc) is 1.63. The van der Waals surface area contributed by atoms with Crippen LogP contribution in [0.5, 0.6) is 0 Å². The number of primary sulfonamides is 1. The molecule has 4 atom stereocenters. The van der Waals surface area contributed by atoms with Crippen LogP contribution in [0.4, 0.5) is 0 Å². The predicted octanol–water partition coefficient (Wildman–Crippen LogP) is 30.7. The van der Waals surface area contributed by atoms with E-state index in [4.69, 9.17) is 27.9 Å². The molecule has 4 unspecified atom stereocenters. The molecular formula is C123H242N8O9S2. The highest BCUT2D eigenvalue weighted by molar-refractivity contribution is 7.89. The number of rotatable bonds is 27. The molecule has 11 rings (SSSR count). The molecule has 0 bridgehead atoms. The lowest BCUT2D eigenvalue weighted by Gasteiger charge is -2.37. The van der Waals surface area contributed by atoms with E-state index in [2.05, 4.69) is 226 Å². The number of sulfonamides is 2. The van der Waals surface area contributed by atoms with E-state index in [9.17, 15) is 36.3 Å². The Morgan fingerprint density at radius 1 is 0.437 bits per heavy atom. The van der Waals surface area contributed by atoms with Crippen molar-refractivity contribution in [3.63, 3.8) is 0 Å². The van der Waals surface area contributed by atoms with Gasteiger partial charge in [0.15, 0.2) is 0 Å². The summed E-state index contributed by atoms with van der Waals surface area (Å²) >= 11 is 0. The summed E-state index contributed by atoms with van der Waals surface area (Å²) in [5.74, 6) is 16.3. The number of nitrogens with one attached hydrogen (secondary N) is 3. The van der Waals surface area contributed by atoms with E-state index >= 15 is 0 Å². The Morgan fingerprint density at radius 2 is 0.761 bits per heavy atom. The summed E-state index contributed by atoms with van der Waals surface area (Å²) in [6, 6.07) is 2.20. The van der Waals surface area contributed by atoms with Gasteiger partial charge in [0.2, 0.25) is 32.0 Å². The first-order chi connectivity index (χ1) is 65.5. The van der Waals surface area contributed by atoms with Crippen molar-refractivity contribution in [3.05, 3.63) is 11.4 Å². The summed E-state index contributed by atoms with van der Waals surface area (Å²) in [4.78, 5) is 39.2. The Morgan fingerprint density at radius 3 is 1.10 bits per heavy atom. The van der Waals surface area contributed by atoms with Crippen molar-refractivity contribution in [1.82, 2.24) is 20.3 Å². The van der Waals surface area contributed by atoms with Crippen LogP contribution in [0, 0.1) is 141 Å². The van der Waals surface area contributed by atoms with Gasteiger partial charge in [-0.15, -0.1) is 0 Å². The molecule has 0 spiro atoms. The third-order valence-electron chi connectivity index (χ3n) is 32.4. The molecule has 1 amide bonds. The molecule has 142 heavy (non-hydrogen) atoms. The van der Waals surface area contributed by atoms with E-state index in [0.29, 0.717) is 75.8 Å². The molecule has 1 aliphatic heterocycles. The minimum absolute atomic E-state index is 0.0444. The largest absolute Gasteiger partial charge is 0.390 e. The molecule has 840 valence electrons. The van der Waals surface area contributed by atoms with Gasteiger partial charge in [-0.05, 0) is 427 Å². The number of carbonyl (C=O) groups is 3. The first-order valence-electron chi connectivity index (χ1n) is 59.5. The number of nitrogens with zero attached hydrogens (tertiary/aromatic N) is 2. The second kappa shape index (κ2) is 68.1. The van der Waals surface area contributed by atoms with E-state index in [1.54, 1.807) is 0 Å². The number of aldehydes is 1. The summed E-state index contributed by atoms with van der Waals surface area (Å²) in [5, 5.41) is 21.8. The third-order valence-corrected chi connectivity index (χ3v) is 34.6. The van der Waals surface area contributed by atoms with Gasteiger partial charge in [0.05, 0.1) is 36.9 Å².